The van der Waals surface area contributed by atoms with E-state index < -0.39 is 28.0 Å². The van der Waals surface area contributed by atoms with Gasteiger partial charge in [-0.1, -0.05) is 0 Å². The van der Waals surface area contributed by atoms with Gasteiger partial charge in [-0.05, 0) is 39.0 Å². The highest BCUT2D eigenvalue weighted by atomic mass is 32.2. The fourth-order valence-corrected chi connectivity index (χ4v) is 4.45. The van der Waals surface area contributed by atoms with E-state index >= 15 is 0 Å². The van der Waals surface area contributed by atoms with Gasteiger partial charge >= 0.3 is 5.97 Å². The lowest BCUT2D eigenvalue weighted by Crippen LogP contribution is -2.30. The molecule has 184 valence electrons. The summed E-state index contributed by atoms with van der Waals surface area (Å²) < 4.78 is 34.7. The predicted octanol–water partition coefficient (Wildman–Crippen LogP) is 1.68. The number of hydrogen-bond donors (Lipinski definition) is 1. The Morgan fingerprint density at radius 2 is 1.88 bits per heavy atom. The Hall–Kier alpha value is -3.25. The Morgan fingerprint density at radius 3 is 2.47 bits per heavy atom. The maximum atomic E-state index is 12.5. The lowest BCUT2D eigenvalue weighted by molar-refractivity contribution is -0.153. The van der Waals surface area contributed by atoms with Crippen LogP contribution in [0.15, 0.2) is 23.1 Å². The van der Waals surface area contributed by atoms with Crippen LogP contribution in [0.4, 0.5) is 5.69 Å². The summed E-state index contributed by atoms with van der Waals surface area (Å²) in [6.07, 6.45) is -0.692. The van der Waals surface area contributed by atoms with Crippen molar-refractivity contribution in [1.82, 2.24) is 23.6 Å². The normalized spacial score (nSPS) is 12.8. The third-order valence-corrected chi connectivity index (χ3v) is 7.52. The quantitative estimate of drug-likeness (QED) is 0.476. The van der Waals surface area contributed by atoms with Gasteiger partial charge in [0, 0.05) is 34.6 Å². The number of amides is 1. The number of hydrogen-bond acceptors (Lipinski definition) is 7. The Morgan fingerprint density at radius 1 is 1.21 bits per heavy atom. The molecule has 0 saturated heterocycles. The van der Waals surface area contributed by atoms with Crippen molar-refractivity contribution in [1.29, 1.82) is 0 Å². The van der Waals surface area contributed by atoms with E-state index in [1.165, 1.54) is 33.2 Å². The van der Waals surface area contributed by atoms with Crippen LogP contribution in [0.3, 0.4) is 0 Å². The Bertz CT molecular complexity index is 1360. The lowest BCUT2D eigenvalue weighted by Gasteiger charge is -2.13. The monoisotopic (exact) mass is 490 g/mol. The molecule has 2 aromatic heterocycles. The first-order valence-corrected chi connectivity index (χ1v) is 12.1. The van der Waals surface area contributed by atoms with Gasteiger partial charge in [0.2, 0.25) is 10.0 Å². The molecule has 1 N–H and O–H groups in total. The largest absolute Gasteiger partial charge is 0.453 e. The number of fused-ring (bicyclic) bond motifs is 1. The number of carbonyl (C=O) groups excluding carboxylic acids is 2. The third-order valence-electron chi connectivity index (χ3n) is 5.71. The zero-order valence-corrected chi connectivity index (χ0v) is 21.2. The maximum absolute atomic E-state index is 12.5. The number of imidazole rings is 1. The fourth-order valence-electron chi connectivity index (χ4n) is 3.53. The van der Waals surface area contributed by atoms with Crippen molar-refractivity contribution < 1.29 is 22.7 Å². The zero-order valence-electron chi connectivity index (χ0n) is 20.4. The molecular weight excluding hydrogens is 460 g/mol. The van der Waals surface area contributed by atoms with Gasteiger partial charge in [-0.3, -0.25) is 14.3 Å². The van der Waals surface area contributed by atoms with Gasteiger partial charge in [0.15, 0.2) is 6.10 Å². The van der Waals surface area contributed by atoms with E-state index in [1.54, 1.807) is 36.3 Å². The Balaban J connectivity index is 1.64. The zero-order chi connectivity index (χ0) is 25.4. The third kappa shape index (κ3) is 4.97. The van der Waals surface area contributed by atoms with Crippen LogP contribution in [0.1, 0.15) is 30.6 Å². The average Bonchev–Trinajstić information content (AvgIpc) is 3.21. The summed E-state index contributed by atoms with van der Waals surface area (Å²) in [4.78, 5) is 29.5. The van der Waals surface area contributed by atoms with Crippen LogP contribution in [-0.4, -0.2) is 64.1 Å². The van der Waals surface area contributed by atoms with Crippen LogP contribution in [0.2, 0.25) is 0 Å². The molecule has 3 rings (SSSR count). The molecule has 1 aromatic carbocycles. The second-order valence-electron chi connectivity index (χ2n) is 8.32. The number of ether oxygens (including phenoxy) is 1. The van der Waals surface area contributed by atoms with Gasteiger partial charge in [-0.25, -0.2) is 17.7 Å². The second-order valence-corrected chi connectivity index (χ2v) is 10.5. The molecule has 0 radical (unpaired) electrons. The molecule has 0 aliphatic rings. The van der Waals surface area contributed by atoms with E-state index in [2.05, 4.69) is 15.4 Å². The lowest BCUT2D eigenvalue weighted by atomic mass is 10.2. The number of nitrogens with zero attached hydrogens (tertiary/aromatic N) is 5. The number of aryl methyl sites for hydroxylation is 4. The number of aromatic nitrogens is 4. The van der Waals surface area contributed by atoms with E-state index in [0.717, 1.165) is 15.5 Å². The molecule has 0 saturated carbocycles. The van der Waals surface area contributed by atoms with Crippen molar-refractivity contribution in [3.05, 3.63) is 35.4 Å². The number of carbonyl (C=O) groups is 2. The van der Waals surface area contributed by atoms with Crippen LogP contribution in [0.5, 0.6) is 0 Å². The molecule has 0 spiro atoms. The van der Waals surface area contributed by atoms with E-state index in [9.17, 15) is 18.0 Å². The van der Waals surface area contributed by atoms with E-state index in [-0.39, 0.29) is 17.7 Å². The van der Waals surface area contributed by atoms with Crippen LogP contribution in [-0.2, 0) is 44.9 Å². The summed E-state index contributed by atoms with van der Waals surface area (Å²) >= 11 is 0. The van der Waals surface area contributed by atoms with Crippen LogP contribution in [0.25, 0.3) is 11.0 Å². The highest BCUT2D eigenvalue weighted by Gasteiger charge is 2.22. The van der Waals surface area contributed by atoms with Crippen molar-refractivity contribution in [3.8, 4) is 0 Å². The average molecular weight is 491 g/mol. The van der Waals surface area contributed by atoms with Crippen LogP contribution in [0, 0.1) is 13.8 Å². The van der Waals surface area contributed by atoms with Crippen molar-refractivity contribution in [2.75, 3.05) is 19.4 Å². The summed E-state index contributed by atoms with van der Waals surface area (Å²) in [5.74, 6) is -0.375. The molecule has 0 aliphatic carbocycles. The van der Waals surface area contributed by atoms with Gasteiger partial charge in [0.25, 0.3) is 5.91 Å². The number of rotatable bonds is 8. The van der Waals surface area contributed by atoms with Crippen molar-refractivity contribution in [3.63, 3.8) is 0 Å². The van der Waals surface area contributed by atoms with Crippen molar-refractivity contribution >= 4 is 38.6 Å². The standard InChI is InChI=1S/C22H30N6O5S/c1-13-21(14(2)28(7)25-13)24-22(30)15(3)33-20(29)11-10-19-23-17-12-16(34(31,32)26(4)5)8-9-18(17)27(19)6/h8-9,12,15H,10-11H2,1-7H3,(H,24,30). The molecule has 1 amide bonds. The summed E-state index contributed by atoms with van der Waals surface area (Å²) in [6.45, 7) is 5.13. The van der Waals surface area contributed by atoms with Gasteiger partial charge < -0.3 is 14.6 Å². The van der Waals surface area contributed by atoms with E-state index in [1.807, 2.05) is 6.92 Å². The molecule has 3 aromatic rings. The van der Waals surface area contributed by atoms with Gasteiger partial charge in [-0.2, -0.15) is 5.10 Å². The fraction of sp³-hybridized carbons (Fsp3) is 0.455. The maximum Gasteiger partial charge on any atom is 0.307 e. The van der Waals surface area contributed by atoms with Gasteiger partial charge in [0.1, 0.15) is 5.82 Å². The molecule has 2 heterocycles. The minimum atomic E-state index is -3.58. The number of esters is 1. The van der Waals surface area contributed by atoms with E-state index in [0.29, 0.717) is 22.7 Å². The Labute approximate surface area is 198 Å². The van der Waals surface area contributed by atoms with Crippen molar-refractivity contribution in [2.24, 2.45) is 14.1 Å². The molecule has 11 nitrogen and oxygen atoms in total. The number of benzene rings is 1. The molecule has 12 heteroatoms. The second kappa shape index (κ2) is 9.55. The number of nitrogens with one attached hydrogen (secondary N) is 1. The SMILES string of the molecule is Cc1nn(C)c(C)c1NC(=O)C(C)OC(=O)CCc1nc2cc(S(=O)(=O)N(C)C)ccc2n1C. The Kier molecular flexibility index (Phi) is 7.13. The van der Waals surface area contributed by atoms with Crippen molar-refractivity contribution in [2.45, 2.75) is 44.6 Å². The summed E-state index contributed by atoms with van der Waals surface area (Å²) in [6, 6.07) is 4.74. The summed E-state index contributed by atoms with van der Waals surface area (Å²) in [5.41, 5.74) is 3.34. The molecular formula is C22H30N6O5S. The molecule has 1 unspecified atom stereocenters. The molecule has 0 aliphatic heterocycles. The number of anilines is 1. The van der Waals surface area contributed by atoms with Crippen LogP contribution >= 0.6 is 0 Å². The predicted molar refractivity (Wildman–Crippen MR) is 127 cm³/mol. The van der Waals surface area contributed by atoms with Crippen LogP contribution < -0.4 is 5.32 Å². The first-order chi connectivity index (χ1) is 15.8. The molecule has 0 fully saturated rings. The summed E-state index contributed by atoms with van der Waals surface area (Å²) in [7, 11) is 2.93. The first kappa shape index (κ1) is 25.4. The highest BCUT2D eigenvalue weighted by Crippen LogP contribution is 2.22. The number of sulfonamides is 1. The minimum absolute atomic E-state index is 0.0165. The molecule has 34 heavy (non-hydrogen) atoms. The molecule has 1 atom stereocenters. The first-order valence-electron chi connectivity index (χ1n) is 10.7. The van der Waals surface area contributed by atoms with Gasteiger partial charge in [0.05, 0.1) is 39.4 Å². The minimum Gasteiger partial charge on any atom is -0.453 e. The topological polar surface area (TPSA) is 128 Å². The van der Waals surface area contributed by atoms with E-state index in [4.69, 9.17) is 4.74 Å². The smallest absolute Gasteiger partial charge is 0.307 e. The van der Waals surface area contributed by atoms with Gasteiger partial charge in [-0.15, -0.1) is 0 Å². The summed E-state index contributed by atoms with van der Waals surface area (Å²) in [5, 5.41) is 7.01. The molecule has 0 bridgehead atoms. The highest BCUT2D eigenvalue weighted by molar-refractivity contribution is 7.89.